The van der Waals surface area contributed by atoms with E-state index in [1.54, 1.807) is 6.08 Å². The van der Waals surface area contributed by atoms with Crippen LogP contribution >= 0.6 is 7.82 Å². The van der Waals surface area contributed by atoms with E-state index in [0.29, 0.717) is 17.4 Å². The number of amides is 1. The number of carbonyl (C=O) groups is 1. The molecular formula is C63H125N2O6P. The van der Waals surface area contributed by atoms with Crippen LogP contribution in [0.15, 0.2) is 24.3 Å². The van der Waals surface area contributed by atoms with Gasteiger partial charge in [0, 0.05) is 6.42 Å². The van der Waals surface area contributed by atoms with Crippen LogP contribution in [0.3, 0.4) is 0 Å². The lowest BCUT2D eigenvalue weighted by Crippen LogP contribution is -2.45. The summed E-state index contributed by atoms with van der Waals surface area (Å²) in [5.41, 5.74) is 0. The van der Waals surface area contributed by atoms with Gasteiger partial charge in [0.1, 0.15) is 13.2 Å². The normalized spacial score (nSPS) is 13.9. The standard InChI is InChI=1S/C63H125N2O6P/c1-6-8-10-12-14-16-18-20-22-24-26-27-28-29-30-31-32-33-34-35-36-37-39-41-43-45-47-49-51-53-55-57-63(67)64-61(60-71-72(68,69)70-59-58-65(3,4)5)62(66)56-54-52-50-48-46-44-42-40-38-25-23-21-19-17-15-13-11-9-7-2/h29-30,54,56,61-62,66H,6-28,31-53,55,57-60H2,1-5H3,(H-,64,67,68,69)/b30-29-,56-54+. The second-order valence-electron chi connectivity index (χ2n) is 23.1. The molecule has 0 saturated carbocycles. The third-order valence-electron chi connectivity index (χ3n) is 14.7. The number of phosphoric acid groups is 1. The van der Waals surface area contributed by atoms with Gasteiger partial charge in [-0.05, 0) is 44.9 Å². The monoisotopic (exact) mass is 1040 g/mol. The van der Waals surface area contributed by atoms with E-state index in [4.69, 9.17) is 9.05 Å². The molecule has 0 aromatic rings. The van der Waals surface area contributed by atoms with Crippen molar-refractivity contribution in [1.29, 1.82) is 0 Å². The Morgan fingerprint density at radius 3 is 1.08 bits per heavy atom. The number of aliphatic hydroxyl groups is 1. The highest BCUT2D eigenvalue weighted by Gasteiger charge is 2.23. The fourth-order valence-corrected chi connectivity index (χ4v) is 10.4. The van der Waals surface area contributed by atoms with Gasteiger partial charge in [0.15, 0.2) is 0 Å². The molecule has 0 aliphatic carbocycles. The summed E-state index contributed by atoms with van der Waals surface area (Å²) in [5.74, 6) is -0.191. The molecule has 0 aromatic carbocycles. The maximum atomic E-state index is 13.0. The molecule has 0 bridgehead atoms. The van der Waals surface area contributed by atoms with E-state index in [0.717, 1.165) is 38.5 Å². The molecule has 3 atom stereocenters. The van der Waals surface area contributed by atoms with Crippen LogP contribution in [0.25, 0.3) is 0 Å². The number of likely N-dealkylation sites (N-methyl/N-ethyl adjacent to an activating group) is 1. The van der Waals surface area contributed by atoms with Crippen molar-refractivity contribution in [2.45, 2.75) is 334 Å². The minimum Gasteiger partial charge on any atom is -0.756 e. The summed E-state index contributed by atoms with van der Waals surface area (Å²) in [6.45, 7) is 4.70. The third kappa shape index (κ3) is 56.7. The number of aliphatic hydroxyl groups excluding tert-OH is 1. The van der Waals surface area contributed by atoms with Crippen LogP contribution in [-0.4, -0.2) is 68.5 Å². The van der Waals surface area contributed by atoms with E-state index in [-0.39, 0.29) is 19.1 Å². The molecule has 8 nitrogen and oxygen atoms in total. The van der Waals surface area contributed by atoms with Gasteiger partial charge in [-0.15, -0.1) is 0 Å². The van der Waals surface area contributed by atoms with E-state index in [2.05, 4.69) is 31.3 Å². The van der Waals surface area contributed by atoms with Crippen molar-refractivity contribution in [2.24, 2.45) is 0 Å². The predicted molar refractivity (Wildman–Crippen MR) is 312 cm³/mol. The zero-order valence-electron chi connectivity index (χ0n) is 48.9. The Morgan fingerprint density at radius 1 is 0.472 bits per heavy atom. The Bertz CT molecular complexity index is 1220. The van der Waals surface area contributed by atoms with Crippen molar-refractivity contribution in [3.63, 3.8) is 0 Å². The van der Waals surface area contributed by atoms with Gasteiger partial charge in [-0.2, -0.15) is 0 Å². The molecule has 0 radical (unpaired) electrons. The Kier molecular flexibility index (Phi) is 54.0. The van der Waals surface area contributed by atoms with Gasteiger partial charge in [0.2, 0.25) is 5.91 Å². The number of quaternary nitrogens is 1. The summed E-state index contributed by atoms with van der Waals surface area (Å²) in [4.78, 5) is 25.5. The van der Waals surface area contributed by atoms with Crippen LogP contribution in [0.1, 0.15) is 322 Å². The Balaban J connectivity index is 4.06. The van der Waals surface area contributed by atoms with E-state index in [9.17, 15) is 19.4 Å². The molecule has 0 spiro atoms. The highest BCUT2D eigenvalue weighted by molar-refractivity contribution is 7.45. The summed E-state index contributed by atoms with van der Waals surface area (Å²) in [7, 11) is 1.28. The SMILES string of the molecule is CCCCCCCCCCCCCC/C=C\CCCCCCCCCCCCCCCCCC(=O)NC(COP(=O)([O-])OCC[N+](C)(C)C)C(O)/C=C/CCCCCCCCCCCCCCCCCCC. The maximum Gasteiger partial charge on any atom is 0.268 e. The number of unbranched alkanes of at least 4 members (excludes halogenated alkanes) is 44. The molecule has 0 aliphatic rings. The van der Waals surface area contributed by atoms with Gasteiger partial charge < -0.3 is 28.8 Å². The Hall–Kier alpha value is -1.02. The molecule has 1 amide bonds. The van der Waals surface area contributed by atoms with Crippen LogP contribution in [0, 0.1) is 0 Å². The molecular weight excluding hydrogens is 912 g/mol. The molecule has 72 heavy (non-hydrogen) atoms. The molecule has 9 heteroatoms. The van der Waals surface area contributed by atoms with Gasteiger partial charge >= 0.3 is 0 Å². The first-order valence-corrected chi connectivity index (χ1v) is 33.2. The Labute approximate surface area is 449 Å². The quantitative estimate of drug-likeness (QED) is 0.0272. The maximum absolute atomic E-state index is 13.0. The summed E-state index contributed by atoms with van der Waals surface area (Å²) in [6.07, 6.45) is 69.9. The number of hydrogen-bond donors (Lipinski definition) is 2. The number of allylic oxidation sites excluding steroid dienone is 3. The van der Waals surface area contributed by atoms with E-state index in [1.807, 2.05) is 27.2 Å². The van der Waals surface area contributed by atoms with Crippen LogP contribution in [-0.2, 0) is 18.4 Å². The average molecular weight is 1040 g/mol. The lowest BCUT2D eigenvalue weighted by atomic mass is 10.0. The first-order valence-electron chi connectivity index (χ1n) is 31.7. The number of rotatable bonds is 59. The van der Waals surface area contributed by atoms with Gasteiger partial charge in [0.05, 0.1) is 39.9 Å². The van der Waals surface area contributed by atoms with Crippen LogP contribution in [0.5, 0.6) is 0 Å². The fraction of sp³-hybridized carbons (Fsp3) is 0.921. The number of nitrogens with zero attached hydrogens (tertiary/aromatic N) is 1. The number of carbonyl (C=O) groups excluding carboxylic acids is 1. The van der Waals surface area contributed by atoms with Gasteiger partial charge in [0.25, 0.3) is 7.82 Å². The van der Waals surface area contributed by atoms with Crippen LogP contribution in [0.2, 0.25) is 0 Å². The molecule has 0 heterocycles. The van der Waals surface area contributed by atoms with E-state index >= 15 is 0 Å². The summed E-state index contributed by atoms with van der Waals surface area (Å²) >= 11 is 0. The van der Waals surface area contributed by atoms with Crippen molar-refractivity contribution in [1.82, 2.24) is 5.32 Å². The number of nitrogens with one attached hydrogen (secondary N) is 1. The lowest BCUT2D eigenvalue weighted by Gasteiger charge is -2.29. The van der Waals surface area contributed by atoms with Crippen molar-refractivity contribution in [3.05, 3.63) is 24.3 Å². The molecule has 2 N–H and O–H groups in total. The zero-order chi connectivity index (χ0) is 52.7. The summed E-state index contributed by atoms with van der Waals surface area (Å²) in [5, 5.41) is 13.9. The molecule has 3 unspecified atom stereocenters. The highest BCUT2D eigenvalue weighted by Crippen LogP contribution is 2.38. The largest absolute Gasteiger partial charge is 0.756 e. The van der Waals surface area contributed by atoms with Gasteiger partial charge in [-0.1, -0.05) is 295 Å². The molecule has 0 rings (SSSR count). The summed E-state index contributed by atoms with van der Waals surface area (Å²) < 4.78 is 23.4. The fourth-order valence-electron chi connectivity index (χ4n) is 9.68. The topological polar surface area (TPSA) is 108 Å². The second-order valence-corrected chi connectivity index (χ2v) is 24.5. The van der Waals surface area contributed by atoms with Crippen molar-refractivity contribution >= 4 is 13.7 Å². The third-order valence-corrected chi connectivity index (χ3v) is 15.6. The minimum atomic E-state index is -4.60. The van der Waals surface area contributed by atoms with Gasteiger partial charge in [-0.3, -0.25) is 9.36 Å². The van der Waals surface area contributed by atoms with Crippen molar-refractivity contribution < 1.29 is 32.9 Å². The van der Waals surface area contributed by atoms with Gasteiger partial charge in [-0.25, -0.2) is 0 Å². The first kappa shape index (κ1) is 71.0. The van der Waals surface area contributed by atoms with E-state index in [1.165, 1.54) is 263 Å². The number of hydrogen-bond acceptors (Lipinski definition) is 6. The molecule has 428 valence electrons. The molecule has 0 aliphatic heterocycles. The first-order chi connectivity index (χ1) is 35.0. The zero-order valence-corrected chi connectivity index (χ0v) is 49.8. The minimum absolute atomic E-state index is 0.00137. The van der Waals surface area contributed by atoms with Crippen LogP contribution < -0.4 is 10.2 Å². The molecule has 0 saturated heterocycles. The van der Waals surface area contributed by atoms with Crippen LogP contribution in [0.4, 0.5) is 0 Å². The second kappa shape index (κ2) is 54.8. The smallest absolute Gasteiger partial charge is 0.268 e. The van der Waals surface area contributed by atoms with Crippen molar-refractivity contribution in [2.75, 3.05) is 40.9 Å². The molecule has 0 aromatic heterocycles. The molecule has 0 fully saturated rings. The lowest BCUT2D eigenvalue weighted by molar-refractivity contribution is -0.870. The van der Waals surface area contributed by atoms with E-state index < -0.39 is 20.0 Å². The Morgan fingerprint density at radius 2 is 0.764 bits per heavy atom. The highest BCUT2D eigenvalue weighted by atomic mass is 31.2. The number of phosphoric ester groups is 1. The predicted octanol–water partition coefficient (Wildman–Crippen LogP) is 18.9. The average Bonchev–Trinajstić information content (AvgIpc) is 3.34. The summed E-state index contributed by atoms with van der Waals surface area (Å²) in [6, 6.07) is -0.885. The van der Waals surface area contributed by atoms with Crippen molar-refractivity contribution in [3.8, 4) is 0 Å².